The van der Waals surface area contributed by atoms with Crippen molar-refractivity contribution in [2.75, 3.05) is 25.1 Å². The average molecular weight is 1320 g/mol. The van der Waals surface area contributed by atoms with E-state index < -0.39 is 166 Å². The van der Waals surface area contributed by atoms with Crippen LogP contribution in [0.15, 0.2) is 24.3 Å². The Bertz CT molecular complexity index is 2180. The molecular formula is C66H114N2O24. The van der Waals surface area contributed by atoms with Crippen LogP contribution in [0.5, 0.6) is 0 Å². The van der Waals surface area contributed by atoms with Crippen LogP contribution in [0.25, 0.3) is 0 Å². The second-order valence-corrected chi connectivity index (χ2v) is 25.8. The Kier molecular flexibility index (Phi) is 36.1. The molecule has 0 aliphatic carbocycles. The lowest BCUT2D eigenvalue weighted by molar-refractivity contribution is -0.398. The number of hydrogen-bond donors (Lipinski definition) is 15. The molecule has 4 fully saturated rings. The molecule has 0 spiro atoms. The van der Waals surface area contributed by atoms with Crippen molar-refractivity contribution < 1.29 is 119 Å². The summed E-state index contributed by atoms with van der Waals surface area (Å²) in [6.45, 7) is 3.55. The van der Waals surface area contributed by atoms with Crippen LogP contribution in [0, 0.1) is 5.92 Å². The van der Waals surface area contributed by atoms with Gasteiger partial charge in [-0.2, -0.15) is 0 Å². The van der Waals surface area contributed by atoms with E-state index in [0.29, 0.717) is 11.3 Å². The third-order valence-electron chi connectivity index (χ3n) is 18.3. The highest BCUT2D eigenvalue weighted by Crippen LogP contribution is 2.40. The molecule has 21 atom stereocenters. The number of aliphatic carboxylic acids is 1. The largest absolute Gasteiger partial charge is 0.477 e. The fraction of sp³-hybridized carbons (Fsp3) is 0.864. The van der Waals surface area contributed by atoms with Gasteiger partial charge in [0.1, 0.15) is 85.5 Å². The third-order valence-corrected chi connectivity index (χ3v) is 18.3. The van der Waals surface area contributed by atoms with Crippen LogP contribution in [0.1, 0.15) is 207 Å². The number of hydrogen-bond acceptors (Lipinski definition) is 23. The van der Waals surface area contributed by atoms with E-state index in [-0.39, 0.29) is 18.4 Å². The van der Waals surface area contributed by atoms with Gasteiger partial charge in [0.25, 0.3) is 5.79 Å². The summed E-state index contributed by atoms with van der Waals surface area (Å²) in [6.07, 6.45) is -6.05. The summed E-state index contributed by atoms with van der Waals surface area (Å²) in [5, 5.41) is 148. The molecule has 92 heavy (non-hydrogen) atoms. The second-order valence-electron chi connectivity index (χ2n) is 25.8. The maximum absolute atomic E-state index is 14.0. The number of carboxylic acid groups (broad SMARTS) is 1. The maximum Gasteiger partial charge on any atom is 0.364 e. The van der Waals surface area contributed by atoms with E-state index in [9.17, 15) is 80.8 Å². The maximum atomic E-state index is 14.0. The topological polar surface area (TPSA) is 412 Å². The van der Waals surface area contributed by atoms with Gasteiger partial charge in [-0.25, -0.2) is 4.79 Å². The number of carbonyl (C=O) groups excluding carboxylic acids is 2. The molecule has 26 heteroatoms. The van der Waals surface area contributed by atoms with Crippen LogP contribution in [0.3, 0.4) is 0 Å². The van der Waals surface area contributed by atoms with E-state index in [0.717, 1.165) is 58.3 Å². The van der Waals surface area contributed by atoms with Crippen molar-refractivity contribution in [3.05, 3.63) is 29.8 Å². The van der Waals surface area contributed by atoms with Crippen molar-refractivity contribution in [2.24, 2.45) is 5.92 Å². The first-order valence-corrected chi connectivity index (χ1v) is 34.2. The number of rotatable bonds is 44. The van der Waals surface area contributed by atoms with Crippen LogP contribution in [0.2, 0.25) is 0 Å². The van der Waals surface area contributed by atoms with Crippen LogP contribution >= 0.6 is 0 Å². The Morgan fingerprint density at radius 3 is 1.55 bits per heavy atom. The molecule has 1 aromatic carbocycles. The summed E-state index contributed by atoms with van der Waals surface area (Å²) in [6, 6.07) is 5.26. The quantitative estimate of drug-likeness (QED) is 0.0415. The highest BCUT2D eigenvalue weighted by molar-refractivity contribution is 5.92. The summed E-state index contributed by atoms with van der Waals surface area (Å²) in [5.41, 5.74) is 1.12. The van der Waals surface area contributed by atoms with Crippen LogP contribution in [-0.4, -0.2) is 232 Å². The minimum Gasteiger partial charge on any atom is -0.477 e. The lowest BCUT2D eigenvalue weighted by Crippen LogP contribution is -2.71. The van der Waals surface area contributed by atoms with Gasteiger partial charge < -0.3 is 115 Å². The van der Waals surface area contributed by atoms with E-state index in [1.807, 2.05) is 0 Å². The van der Waals surface area contributed by atoms with E-state index in [1.165, 1.54) is 122 Å². The number of benzene rings is 1. The molecule has 4 aliphatic heterocycles. The summed E-state index contributed by atoms with van der Waals surface area (Å²) in [5.74, 6) is -6.12. The zero-order valence-electron chi connectivity index (χ0n) is 54.7. The smallest absolute Gasteiger partial charge is 0.364 e. The van der Waals surface area contributed by atoms with Gasteiger partial charge in [0.05, 0.1) is 44.7 Å². The van der Waals surface area contributed by atoms with Gasteiger partial charge in [-0.15, -0.1) is 0 Å². The van der Waals surface area contributed by atoms with Crippen LogP contribution in [-0.2, 0) is 58.9 Å². The Morgan fingerprint density at radius 1 is 0.587 bits per heavy atom. The number of nitrogens with one attached hydrogen (secondary N) is 2. The van der Waals surface area contributed by atoms with E-state index in [1.54, 1.807) is 24.3 Å². The molecule has 0 radical (unpaired) electrons. The number of carboxylic acids is 1. The summed E-state index contributed by atoms with van der Waals surface area (Å²) in [4.78, 5) is 39.3. The molecule has 0 saturated carbocycles. The monoisotopic (exact) mass is 1320 g/mol. The molecule has 0 aromatic heterocycles. The van der Waals surface area contributed by atoms with Crippen LogP contribution in [0.4, 0.5) is 5.69 Å². The number of amides is 2. The molecular weight excluding hydrogens is 1200 g/mol. The molecule has 4 aliphatic rings. The van der Waals surface area contributed by atoms with Crippen molar-refractivity contribution >= 4 is 23.5 Å². The van der Waals surface area contributed by atoms with Gasteiger partial charge in [0.2, 0.25) is 11.8 Å². The number of aliphatic hydroxyl groups excluding tert-OH is 12. The van der Waals surface area contributed by atoms with Gasteiger partial charge in [-0.1, -0.05) is 180 Å². The van der Waals surface area contributed by atoms with Gasteiger partial charge in [0.15, 0.2) is 18.9 Å². The average Bonchev–Trinajstić information content (AvgIpc) is 0.766. The van der Waals surface area contributed by atoms with E-state index >= 15 is 0 Å². The Morgan fingerprint density at radius 2 is 1.07 bits per heavy atom. The Balaban J connectivity index is 1.28. The predicted octanol–water partition coefficient (Wildman–Crippen LogP) is 3.59. The van der Waals surface area contributed by atoms with Crippen molar-refractivity contribution in [3.63, 3.8) is 0 Å². The summed E-state index contributed by atoms with van der Waals surface area (Å²) in [7, 11) is 0. The number of carbonyl (C=O) groups is 3. The summed E-state index contributed by atoms with van der Waals surface area (Å²) < 4.78 is 47.5. The zero-order valence-corrected chi connectivity index (χ0v) is 54.7. The van der Waals surface area contributed by atoms with Crippen molar-refractivity contribution in [2.45, 2.75) is 336 Å². The highest BCUT2D eigenvalue weighted by Gasteiger charge is 2.61. The fourth-order valence-electron chi connectivity index (χ4n) is 12.7. The normalized spacial score (nSPS) is 32.5. The lowest BCUT2D eigenvalue weighted by atomic mass is 9.88. The van der Waals surface area contributed by atoms with E-state index in [2.05, 4.69) is 24.5 Å². The number of ether oxygens (including phenoxy) is 8. The molecule has 26 nitrogen and oxygen atoms in total. The molecule has 532 valence electrons. The summed E-state index contributed by atoms with van der Waals surface area (Å²) >= 11 is 0. The molecule has 0 bridgehead atoms. The Hall–Kier alpha value is -3.17. The van der Waals surface area contributed by atoms with Gasteiger partial charge in [-0.3, -0.25) is 9.59 Å². The molecule has 5 rings (SSSR count). The third kappa shape index (κ3) is 24.1. The lowest BCUT2D eigenvalue weighted by Gasteiger charge is -2.51. The molecule has 15 N–H and O–H groups in total. The molecule has 4 heterocycles. The Labute approximate surface area is 542 Å². The molecule has 0 unspecified atom stereocenters. The van der Waals surface area contributed by atoms with Gasteiger partial charge >= 0.3 is 5.97 Å². The molecule has 4 saturated heterocycles. The number of aliphatic hydroxyl groups is 12. The van der Waals surface area contributed by atoms with E-state index in [4.69, 9.17) is 37.9 Å². The minimum absolute atomic E-state index is 0.0386. The van der Waals surface area contributed by atoms with Crippen molar-refractivity contribution in [1.29, 1.82) is 0 Å². The minimum atomic E-state index is -3.14. The zero-order chi connectivity index (χ0) is 67.3. The number of anilines is 1. The second kappa shape index (κ2) is 41.8. The SMILES string of the molecule is CCCCCCCCCCCCCCC(CCCCCCCCCCCCCC)C(=O)Nc1ccc(CO[C@@H]2O[C@H](CO)[C@@H](O[C@@H]3O[C@H](CO)[C@H](O)[C@H](O[C@]4(C(=O)O)C[C@H](O)[C@@H](NC(C)=O)[C@H]([C@@H](O)[C@H](O)CO)O4)[C@H]3O)[C@H](O[C@@H]3O[C@@H](C)[C@@H](O)[C@@H](O)[C@@H]3O)[C@H]2O)cc1. The predicted molar refractivity (Wildman–Crippen MR) is 334 cm³/mol. The van der Waals surface area contributed by atoms with Crippen molar-refractivity contribution in [1.82, 2.24) is 5.32 Å². The first-order valence-electron chi connectivity index (χ1n) is 34.2. The molecule has 2 amide bonds. The highest BCUT2D eigenvalue weighted by atomic mass is 16.8. The van der Waals surface area contributed by atoms with Crippen molar-refractivity contribution in [3.8, 4) is 0 Å². The fourth-order valence-corrected chi connectivity index (χ4v) is 12.7. The van der Waals surface area contributed by atoms with Gasteiger partial charge in [-0.05, 0) is 37.5 Å². The number of unbranched alkanes of at least 4 members (excludes halogenated alkanes) is 22. The van der Waals surface area contributed by atoms with Crippen LogP contribution < -0.4 is 10.6 Å². The van der Waals surface area contributed by atoms with Gasteiger partial charge in [0, 0.05) is 24.9 Å². The molecule has 1 aromatic rings. The standard InChI is InChI=1S/C66H114N2O24/c1-5-7-9-11-13-15-17-19-21-23-25-27-29-43(30-28-26-24-22-20-18-16-14-12-10-8-6-2)61(82)68-44-33-31-42(32-34-44)39-85-62-56(81)60(90-63-54(79)53(78)50(75)40(3)86-63)57(48(38-71)88-62)89-64-55(80)59(52(77)47(37-70)87-64)92-66(65(83)84)35-45(73)49(67-41(4)72)58(91-66)51(76)46(74)36-69/h31-34,40,43,45-60,62-64,69-71,73-81H,5-30,35-39H2,1-4H3,(H,67,72)(H,68,82)(H,83,84)/t40-,45-,46+,47+,48+,49+,50+,51-,52-,53+,54-,55+,56+,57+,58+,59-,60+,62+,63-,64-,66-/m0/s1. The first kappa shape index (κ1) is 79.5. The first-order chi connectivity index (χ1) is 44.1.